The largest absolute Gasteiger partial charge is 0.384 e. The molecule has 4 heteroatoms. The Bertz CT molecular complexity index is 310. The summed E-state index contributed by atoms with van der Waals surface area (Å²) in [4.78, 5) is 4.16. The van der Waals surface area contributed by atoms with Crippen LogP contribution in [0.5, 0.6) is 0 Å². The molecule has 82 valence electrons. The lowest BCUT2D eigenvalue weighted by Gasteiger charge is -2.10. The van der Waals surface area contributed by atoms with Gasteiger partial charge in [0.25, 0.3) is 0 Å². The van der Waals surface area contributed by atoms with Crippen LogP contribution in [0.3, 0.4) is 0 Å². The van der Waals surface area contributed by atoms with E-state index in [4.69, 9.17) is 10.5 Å². The van der Waals surface area contributed by atoms with E-state index in [1.54, 1.807) is 6.07 Å². The Hall–Kier alpha value is -1.29. The first-order valence-electron chi connectivity index (χ1n) is 5.42. The van der Waals surface area contributed by atoms with Crippen molar-refractivity contribution in [2.24, 2.45) is 0 Å². The number of nitrogen functional groups attached to an aromatic ring is 1. The highest BCUT2D eigenvalue weighted by atomic mass is 16.5. The van der Waals surface area contributed by atoms with Crippen molar-refractivity contribution in [2.45, 2.75) is 25.4 Å². The van der Waals surface area contributed by atoms with Gasteiger partial charge in [0, 0.05) is 13.2 Å². The molecule has 0 amide bonds. The summed E-state index contributed by atoms with van der Waals surface area (Å²) in [7, 11) is 0. The maximum absolute atomic E-state index is 5.58. The van der Waals surface area contributed by atoms with Crippen LogP contribution in [0.2, 0.25) is 0 Å². The fourth-order valence-electron chi connectivity index (χ4n) is 1.78. The predicted molar refractivity (Wildman–Crippen MR) is 60.7 cm³/mol. The maximum atomic E-state index is 5.58. The number of pyridine rings is 1. The lowest BCUT2D eigenvalue weighted by Crippen LogP contribution is -2.13. The van der Waals surface area contributed by atoms with Gasteiger partial charge in [-0.05, 0) is 31.4 Å². The first-order valence-corrected chi connectivity index (χ1v) is 5.42. The standard InChI is InChI=1S/C11H17N3O/c12-10-4-1-5-11(14-10)13-7-6-9-3-2-8-15-9/h1,4-5,9H,2-3,6-8H2,(H3,12,13,14). The summed E-state index contributed by atoms with van der Waals surface area (Å²) in [6.45, 7) is 1.81. The third-order valence-electron chi connectivity index (χ3n) is 2.57. The third kappa shape index (κ3) is 3.09. The molecule has 2 rings (SSSR count). The Morgan fingerprint density at radius 3 is 3.20 bits per heavy atom. The fourth-order valence-corrected chi connectivity index (χ4v) is 1.78. The van der Waals surface area contributed by atoms with E-state index in [1.807, 2.05) is 12.1 Å². The number of nitrogens with one attached hydrogen (secondary N) is 1. The van der Waals surface area contributed by atoms with Gasteiger partial charge in [-0.1, -0.05) is 6.07 Å². The normalized spacial score (nSPS) is 20.4. The molecule has 0 spiro atoms. The molecule has 1 aliphatic rings. The van der Waals surface area contributed by atoms with Crippen molar-refractivity contribution in [1.82, 2.24) is 4.98 Å². The molecular formula is C11H17N3O. The number of aromatic nitrogens is 1. The molecule has 0 radical (unpaired) electrons. The number of anilines is 2. The zero-order chi connectivity index (χ0) is 10.5. The van der Waals surface area contributed by atoms with Crippen LogP contribution in [0.4, 0.5) is 11.6 Å². The molecule has 1 atom stereocenters. The summed E-state index contributed by atoms with van der Waals surface area (Å²) in [6, 6.07) is 5.61. The smallest absolute Gasteiger partial charge is 0.128 e. The lowest BCUT2D eigenvalue weighted by molar-refractivity contribution is 0.107. The molecule has 1 fully saturated rings. The molecule has 1 aromatic rings. The highest BCUT2D eigenvalue weighted by molar-refractivity contribution is 5.41. The maximum Gasteiger partial charge on any atom is 0.128 e. The van der Waals surface area contributed by atoms with Crippen LogP contribution < -0.4 is 11.1 Å². The number of nitrogens with two attached hydrogens (primary N) is 1. The second-order valence-corrected chi connectivity index (χ2v) is 3.80. The van der Waals surface area contributed by atoms with Gasteiger partial charge in [-0.3, -0.25) is 0 Å². The molecule has 0 bridgehead atoms. The van der Waals surface area contributed by atoms with Gasteiger partial charge in [-0.2, -0.15) is 0 Å². The van der Waals surface area contributed by atoms with Crippen LogP contribution in [-0.4, -0.2) is 24.2 Å². The summed E-state index contributed by atoms with van der Waals surface area (Å²) in [5.74, 6) is 1.39. The number of hydrogen-bond acceptors (Lipinski definition) is 4. The summed E-state index contributed by atoms with van der Waals surface area (Å²) in [5.41, 5.74) is 5.58. The molecule has 0 aromatic carbocycles. The lowest BCUT2D eigenvalue weighted by atomic mass is 10.2. The Balaban J connectivity index is 1.73. The first-order chi connectivity index (χ1) is 7.34. The summed E-state index contributed by atoms with van der Waals surface area (Å²) in [5, 5.41) is 3.24. The summed E-state index contributed by atoms with van der Waals surface area (Å²) >= 11 is 0. The molecule has 3 N–H and O–H groups in total. The van der Waals surface area contributed by atoms with Crippen LogP contribution in [0.1, 0.15) is 19.3 Å². The number of nitrogens with zero attached hydrogens (tertiary/aromatic N) is 1. The molecule has 1 unspecified atom stereocenters. The van der Waals surface area contributed by atoms with E-state index in [1.165, 1.54) is 12.8 Å². The van der Waals surface area contributed by atoms with Gasteiger partial charge >= 0.3 is 0 Å². The average molecular weight is 207 g/mol. The Labute approximate surface area is 89.8 Å². The molecule has 4 nitrogen and oxygen atoms in total. The Morgan fingerprint density at radius 1 is 1.53 bits per heavy atom. The summed E-state index contributed by atoms with van der Waals surface area (Å²) in [6.07, 6.45) is 3.85. The van der Waals surface area contributed by atoms with Gasteiger partial charge < -0.3 is 15.8 Å². The topological polar surface area (TPSA) is 60.2 Å². The molecule has 1 aliphatic heterocycles. The third-order valence-corrected chi connectivity index (χ3v) is 2.57. The highest BCUT2D eigenvalue weighted by Gasteiger charge is 2.14. The molecule has 1 saturated heterocycles. The van der Waals surface area contributed by atoms with Crippen LogP contribution >= 0.6 is 0 Å². The first kappa shape index (κ1) is 10.2. The number of rotatable bonds is 4. The van der Waals surface area contributed by atoms with Crippen molar-refractivity contribution in [2.75, 3.05) is 24.2 Å². The SMILES string of the molecule is Nc1cccc(NCCC2CCCO2)n1. The van der Waals surface area contributed by atoms with E-state index >= 15 is 0 Å². The van der Waals surface area contributed by atoms with Crippen LogP contribution in [0, 0.1) is 0 Å². The van der Waals surface area contributed by atoms with Gasteiger partial charge in [-0.25, -0.2) is 4.98 Å². The van der Waals surface area contributed by atoms with Crippen molar-refractivity contribution in [3.8, 4) is 0 Å². The van der Waals surface area contributed by atoms with E-state index in [0.717, 1.165) is 25.4 Å². The van der Waals surface area contributed by atoms with Gasteiger partial charge in [0.15, 0.2) is 0 Å². The minimum absolute atomic E-state index is 0.429. The van der Waals surface area contributed by atoms with Crippen molar-refractivity contribution >= 4 is 11.6 Å². The second kappa shape index (κ2) is 4.98. The average Bonchev–Trinajstić information content (AvgIpc) is 2.71. The monoisotopic (exact) mass is 207 g/mol. The second-order valence-electron chi connectivity index (χ2n) is 3.80. The summed E-state index contributed by atoms with van der Waals surface area (Å²) < 4.78 is 5.53. The van der Waals surface area contributed by atoms with Gasteiger partial charge in [0.1, 0.15) is 11.6 Å². The van der Waals surface area contributed by atoms with Crippen LogP contribution in [0.25, 0.3) is 0 Å². The van der Waals surface area contributed by atoms with Crippen molar-refractivity contribution in [1.29, 1.82) is 0 Å². The molecule has 2 heterocycles. The van der Waals surface area contributed by atoms with Crippen molar-refractivity contribution in [3.05, 3.63) is 18.2 Å². The molecule has 15 heavy (non-hydrogen) atoms. The van der Waals surface area contributed by atoms with E-state index < -0.39 is 0 Å². The molecule has 1 aromatic heterocycles. The van der Waals surface area contributed by atoms with E-state index in [-0.39, 0.29) is 0 Å². The quantitative estimate of drug-likeness (QED) is 0.788. The van der Waals surface area contributed by atoms with E-state index in [0.29, 0.717) is 11.9 Å². The van der Waals surface area contributed by atoms with Gasteiger partial charge in [0.05, 0.1) is 6.10 Å². The zero-order valence-electron chi connectivity index (χ0n) is 8.78. The molecule has 0 aliphatic carbocycles. The van der Waals surface area contributed by atoms with Crippen LogP contribution in [-0.2, 0) is 4.74 Å². The molecular weight excluding hydrogens is 190 g/mol. The predicted octanol–water partition coefficient (Wildman–Crippen LogP) is 1.64. The van der Waals surface area contributed by atoms with E-state index in [9.17, 15) is 0 Å². The minimum atomic E-state index is 0.429. The number of hydrogen-bond donors (Lipinski definition) is 2. The highest BCUT2D eigenvalue weighted by Crippen LogP contribution is 2.15. The minimum Gasteiger partial charge on any atom is -0.384 e. The zero-order valence-corrected chi connectivity index (χ0v) is 8.78. The Kier molecular flexibility index (Phi) is 3.40. The van der Waals surface area contributed by atoms with Crippen molar-refractivity contribution in [3.63, 3.8) is 0 Å². The van der Waals surface area contributed by atoms with Crippen molar-refractivity contribution < 1.29 is 4.74 Å². The van der Waals surface area contributed by atoms with Gasteiger partial charge in [-0.15, -0.1) is 0 Å². The van der Waals surface area contributed by atoms with Crippen LogP contribution in [0.15, 0.2) is 18.2 Å². The number of ether oxygens (including phenoxy) is 1. The molecule has 0 saturated carbocycles. The van der Waals surface area contributed by atoms with E-state index in [2.05, 4.69) is 10.3 Å². The Morgan fingerprint density at radius 2 is 2.47 bits per heavy atom. The van der Waals surface area contributed by atoms with Gasteiger partial charge in [0.2, 0.25) is 0 Å². The fraction of sp³-hybridized carbons (Fsp3) is 0.545.